The molecule has 3 nitrogen and oxygen atoms in total. The van der Waals surface area contributed by atoms with Crippen LogP contribution in [0.1, 0.15) is 19.4 Å². The minimum atomic E-state index is -4.27. The van der Waals surface area contributed by atoms with E-state index in [9.17, 15) is 17.6 Å². The molecule has 7 heteroatoms. The summed E-state index contributed by atoms with van der Waals surface area (Å²) in [5, 5.41) is 3.20. The Morgan fingerprint density at radius 1 is 1.05 bits per heavy atom. The summed E-state index contributed by atoms with van der Waals surface area (Å²) >= 11 is 0. The number of halogens is 4. The first-order valence-electron chi connectivity index (χ1n) is 7.06. The first-order chi connectivity index (χ1) is 10.2. The van der Waals surface area contributed by atoms with E-state index in [0.29, 0.717) is 12.5 Å². The lowest BCUT2D eigenvalue weighted by Crippen LogP contribution is -2.50. The molecule has 2 rings (SSSR count). The lowest BCUT2D eigenvalue weighted by atomic mass is 10.1. The maximum absolute atomic E-state index is 13.3. The minimum Gasteiger partial charge on any atom is -0.483 e. The van der Waals surface area contributed by atoms with Gasteiger partial charge in [-0.1, -0.05) is 19.9 Å². The molecule has 22 heavy (non-hydrogen) atoms. The van der Waals surface area contributed by atoms with Crippen molar-refractivity contribution < 1.29 is 27.0 Å². The van der Waals surface area contributed by atoms with E-state index in [2.05, 4.69) is 19.2 Å². The number of nitrogens with one attached hydrogen (secondary N) is 1. The van der Waals surface area contributed by atoms with E-state index in [1.54, 1.807) is 6.07 Å². The summed E-state index contributed by atoms with van der Waals surface area (Å²) in [5.41, 5.74) is 0.804. The number of rotatable bonds is 4. The third-order valence-electron chi connectivity index (χ3n) is 3.24. The van der Waals surface area contributed by atoms with Crippen LogP contribution in [0.5, 0.6) is 11.5 Å². The Morgan fingerprint density at radius 3 is 2.23 bits per heavy atom. The van der Waals surface area contributed by atoms with E-state index in [-0.39, 0.29) is 11.5 Å². The molecule has 0 radical (unpaired) electrons. The van der Waals surface area contributed by atoms with Crippen molar-refractivity contribution in [2.45, 2.75) is 32.2 Å². The van der Waals surface area contributed by atoms with Crippen molar-refractivity contribution in [2.75, 3.05) is 19.8 Å². The van der Waals surface area contributed by atoms with Crippen LogP contribution in [0.15, 0.2) is 18.2 Å². The van der Waals surface area contributed by atoms with Crippen molar-refractivity contribution in [3.05, 3.63) is 23.8 Å². The van der Waals surface area contributed by atoms with Gasteiger partial charge >= 0.3 is 11.8 Å². The van der Waals surface area contributed by atoms with Crippen molar-refractivity contribution in [2.24, 2.45) is 5.92 Å². The van der Waals surface area contributed by atoms with Crippen molar-refractivity contribution in [3.63, 3.8) is 0 Å². The molecule has 0 unspecified atom stereocenters. The van der Waals surface area contributed by atoms with Gasteiger partial charge in [-0.3, -0.25) is 0 Å². The third-order valence-corrected chi connectivity index (χ3v) is 3.24. The molecule has 0 atom stereocenters. The Bertz CT molecular complexity index is 520. The molecule has 1 aliphatic heterocycles. The largest absolute Gasteiger partial charge is 0.483 e. The fourth-order valence-electron chi connectivity index (χ4n) is 1.95. The zero-order valence-corrected chi connectivity index (χ0v) is 12.5. The summed E-state index contributed by atoms with van der Waals surface area (Å²) < 4.78 is 62.9. The highest BCUT2D eigenvalue weighted by Crippen LogP contribution is 2.40. The van der Waals surface area contributed by atoms with Crippen LogP contribution < -0.4 is 14.8 Å². The van der Waals surface area contributed by atoms with Crippen molar-refractivity contribution in [1.82, 2.24) is 5.32 Å². The van der Waals surface area contributed by atoms with Gasteiger partial charge in [-0.05, 0) is 30.2 Å². The molecule has 1 aliphatic rings. The predicted molar refractivity (Wildman–Crippen MR) is 73.9 cm³/mol. The van der Waals surface area contributed by atoms with Gasteiger partial charge in [-0.2, -0.15) is 17.6 Å². The Hall–Kier alpha value is -1.50. The van der Waals surface area contributed by atoms with Crippen LogP contribution in [0.2, 0.25) is 0 Å². The fraction of sp³-hybridized carbons (Fsp3) is 0.600. The number of alkyl halides is 4. The first kappa shape index (κ1) is 16.9. The molecular formula is C15H19F4NO2. The molecule has 0 saturated carbocycles. The molecule has 1 aromatic carbocycles. The van der Waals surface area contributed by atoms with Crippen molar-refractivity contribution in [3.8, 4) is 11.5 Å². The standard InChI is InChI=1S/C15H19F4NO2/c1-10(2)6-20-7-11-3-4-12-13(5-11)22-9-15(18,19)14(16,17)8-21-12/h3-5,10,20H,6-9H2,1-2H3. The number of fused-ring (bicyclic) bond motifs is 1. The van der Waals surface area contributed by atoms with Crippen LogP contribution in [-0.2, 0) is 6.54 Å². The second kappa shape index (κ2) is 6.32. The summed E-state index contributed by atoms with van der Waals surface area (Å²) in [6.07, 6.45) is 0. The fourth-order valence-corrected chi connectivity index (χ4v) is 1.95. The van der Waals surface area contributed by atoms with E-state index in [4.69, 9.17) is 9.47 Å². The molecule has 0 saturated heterocycles. The van der Waals surface area contributed by atoms with Gasteiger partial charge in [-0.25, -0.2) is 0 Å². The summed E-state index contributed by atoms with van der Waals surface area (Å²) in [6.45, 7) is 2.71. The molecule has 0 fully saturated rings. The molecule has 0 amide bonds. The van der Waals surface area contributed by atoms with Gasteiger partial charge in [0, 0.05) is 6.54 Å². The SMILES string of the molecule is CC(C)CNCc1ccc2c(c1)OCC(F)(F)C(F)(F)CO2. The average Bonchev–Trinajstić information content (AvgIpc) is 2.42. The van der Waals surface area contributed by atoms with Gasteiger partial charge in [0.1, 0.15) is 0 Å². The molecule has 0 aliphatic carbocycles. The molecular weight excluding hydrogens is 302 g/mol. The van der Waals surface area contributed by atoms with Gasteiger partial charge < -0.3 is 14.8 Å². The van der Waals surface area contributed by atoms with E-state index in [1.807, 2.05) is 0 Å². The predicted octanol–water partition coefficient (Wildman–Crippen LogP) is 3.47. The third kappa shape index (κ3) is 3.82. The van der Waals surface area contributed by atoms with Gasteiger partial charge in [0.15, 0.2) is 24.7 Å². The van der Waals surface area contributed by atoms with Gasteiger partial charge in [-0.15, -0.1) is 0 Å². The van der Waals surface area contributed by atoms with Gasteiger partial charge in [0.25, 0.3) is 0 Å². The van der Waals surface area contributed by atoms with E-state index >= 15 is 0 Å². The summed E-state index contributed by atoms with van der Waals surface area (Å²) in [7, 11) is 0. The van der Waals surface area contributed by atoms with Crippen LogP contribution in [0.4, 0.5) is 17.6 Å². The number of hydrogen-bond acceptors (Lipinski definition) is 3. The zero-order valence-electron chi connectivity index (χ0n) is 12.5. The molecule has 1 heterocycles. The molecule has 0 bridgehead atoms. The van der Waals surface area contributed by atoms with Gasteiger partial charge in [0.2, 0.25) is 0 Å². The lowest BCUT2D eigenvalue weighted by molar-refractivity contribution is -0.236. The molecule has 0 aromatic heterocycles. The average molecular weight is 321 g/mol. The van der Waals surface area contributed by atoms with Crippen LogP contribution in [0.3, 0.4) is 0 Å². The molecule has 124 valence electrons. The number of ether oxygens (including phenoxy) is 2. The topological polar surface area (TPSA) is 30.5 Å². The van der Waals surface area contributed by atoms with Gasteiger partial charge in [0.05, 0.1) is 0 Å². The molecule has 0 spiro atoms. The summed E-state index contributed by atoms with van der Waals surface area (Å²) in [6, 6.07) is 4.68. The highest BCUT2D eigenvalue weighted by atomic mass is 19.3. The Labute approximate surface area is 126 Å². The maximum Gasteiger partial charge on any atom is 0.346 e. The van der Waals surface area contributed by atoms with Crippen LogP contribution in [-0.4, -0.2) is 31.6 Å². The maximum atomic E-state index is 13.3. The Balaban J connectivity index is 2.11. The van der Waals surface area contributed by atoms with E-state index in [0.717, 1.165) is 12.1 Å². The lowest BCUT2D eigenvalue weighted by Gasteiger charge is -2.29. The smallest absolute Gasteiger partial charge is 0.346 e. The van der Waals surface area contributed by atoms with Crippen LogP contribution in [0.25, 0.3) is 0 Å². The quantitative estimate of drug-likeness (QED) is 0.862. The second-order valence-corrected chi connectivity index (χ2v) is 5.79. The van der Waals surface area contributed by atoms with Crippen LogP contribution >= 0.6 is 0 Å². The van der Waals surface area contributed by atoms with Crippen molar-refractivity contribution in [1.29, 1.82) is 0 Å². The second-order valence-electron chi connectivity index (χ2n) is 5.79. The highest BCUT2D eigenvalue weighted by molar-refractivity contribution is 5.43. The summed E-state index contributed by atoms with van der Waals surface area (Å²) in [5.74, 6) is -7.95. The first-order valence-corrected chi connectivity index (χ1v) is 7.06. The van der Waals surface area contributed by atoms with Crippen molar-refractivity contribution >= 4 is 0 Å². The highest BCUT2D eigenvalue weighted by Gasteiger charge is 2.58. The Morgan fingerprint density at radius 2 is 1.64 bits per heavy atom. The minimum absolute atomic E-state index is 0.0442. The zero-order chi connectivity index (χ0) is 16.4. The van der Waals surface area contributed by atoms with Crippen LogP contribution in [0, 0.1) is 5.92 Å². The van der Waals surface area contributed by atoms with E-state index < -0.39 is 25.1 Å². The monoisotopic (exact) mass is 321 g/mol. The number of benzene rings is 1. The van der Waals surface area contributed by atoms with E-state index in [1.165, 1.54) is 12.1 Å². The molecule has 1 N–H and O–H groups in total. The normalized spacial score (nSPS) is 19.6. The Kier molecular flexibility index (Phi) is 4.84. The summed E-state index contributed by atoms with van der Waals surface area (Å²) in [4.78, 5) is 0. The number of hydrogen-bond donors (Lipinski definition) is 1. The molecule has 1 aromatic rings.